The smallest absolute Gasteiger partial charge is 0 e. The van der Waals surface area contributed by atoms with Gasteiger partial charge in [-0.2, -0.15) is 0 Å². The Labute approximate surface area is 131 Å². The predicted molar refractivity (Wildman–Crippen MR) is 57.1 cm³/mol. The Morgan fingerprint density at radius 1 is 0.750 bits per heavy atom. The maximum Gasteiger partial charge on any atom is 0 e. The van der Waals surface area contributed by atoms with Gasteiger partial charge in [0, 0.05) is 29.9 Å². The van der Waals surface area contributed by atoms with E-state index in [1.54, 1.807) is 0 Å². The van der Waals surface area contributed by atoms with Gasteiger partial charge in [-0.1, -0.05) is 11.8 Å². The van der Waals surface area contributed by atoms with E-state index in [-0.39, 0.29) is 22.8 Å². The molecule has 0 saturated carbocycles. The Morgan fingerprint density at radius 3 is 1.15 bits per heavy atom. The second-order valence-corrected chi connectivity index (χ2v) is 2.81. The average Bonchev–Trinajstić information content (AvgIpc) is 2.49. The molecule has 0 bridgehead atoms. The number of ether oxygens (including phenoxy) is 1. The molecule has 7 heteroatoms. The van der Waals surface area contributed by atoms with Crippen LogP contribution in [-0.4, -0.2) is 7.11 Å². The van der Waals surface area contributed by atoms with E-state index < -0.39 is 0 Å². The van der Waals surface area contributed by atoms with Crippen molar-refractivity contribution < 1.29 is 45.4 Å². The van der Waals surface area contributed by atoms with Crippen molar-refractivity contribution in [2.24, 2.45) is 5.41 Å². The van der Waals surface area contributed by atoms with Crippen LogP contribution in [0.15, 0.2) is 0 Å². The summed E-state index contributed by atoms with van der Waals surface area (Å²) in [5, 5.41) is 0. The Morgan fingerprint density at radius 2 is 1.00 bits per heavy atom. The van der Waals surface area contributed by atoms with E-state index in [4.69, 9.17) is 23.3 Å². The number of methoxy groups -OCH3 is 1. The second kappa shape index (κ2) is 65.0. The van der Waals surface area contributed by atoms with Crippen LogP contribution in [0.5, 0.6) is 0 Å². The van der Waals surface area contributed by atoms with Crippen molar-refractivity contribution in [2.45, 2.75) is 20.8 Å². The molecule has 0 aromatic carbocycles. The van der Waals surface area contributed by atoms with Crippen molar-refractivity contribution in [2.75, 3.05) is 7.11 Å². The molecule has 0 aliphatic carbocycles. The molecule has 20 heavy (non-hydrogen) atoms. The summed E-state index contributed by atoms with van der Waals surface area (Å²) in [4.78, 5) is 0. The first kappa shape index (κ1) is 42.8. The minimum atomic E-state index is 0. The van der Waals surface area contributed by atoms with Gasteiger partial charge in [0.1, 0.15) is 0 Å². The summed E-state index contributed by atoms with van der Waals surface area (Å²) in [6.07, 6.45) is 0. The fourth-order valence-corrected chi connectivity index (χ4v) is 0.264. The fraction of sp³-hybridized carbons (Fsp3) is 0.385. The van der Waals surface area contributed by atoms with Crippen LogP contribution in [0.1, 0.15) is 20.8 Å². The Kier molecular flexibility index (Phi) is 139. The average molecular weight is 316 g/mol. The first-order valence-corrected chi connectivity index (χ1v) is 3.88. The molecule has 0 fully saturated rings. The quantitative estimate of drug-likeness (QED) is 0.408. The first-order chi connectivity index (χ1) is 9.06. The van der Waals surface area contributed by atoms with Crippen LogP contribution in [0.3, 0.4) is 0 Å². The Balaban J connectivity index is -0.0000000261. The zero-order valence-corrected chi connectivity index (χ0v) is 12.6. The van der Waals surface area contributed by atoms with Gasteiger partial charge in [0.15, 0.2) is 0 Å². The number of hydrogen-bond acceptors (Lipinski definition) is 1. The Bertz CT molecular complexity index is 260. The molecule has 0 saturated heterocycles. The van der Waals surface area contributed by atoms with E-state index in [0.29, 0.717) is 0 Å². The van der Waals surface area contributed by atoms with Gasteiger partial charge in [0.2, 0.25) is 6.61 Å². The van der Waals surface area contributed by atoms with Crippen molar-refractivity contribution in [1.29, 1.82) is 0 Å². The van der Waals surface area contributed by atoms with Gasteiger partial charge in [-0.25, -0.2) is 0 Å². The third-order valence-electron chi connectivity index (χ3n) is 0.591. The van der Waals surface area contributed by atoms with Crippen LogP contribution >= 0.6 is 0 Å². The maximum atomic E-state index is 7.50. The van der Waals surface area contributed by atoms with Crippen molar-refractivity contribution in [3.63, 3.8) is 0 Å². The van der Waals surface area contributed by atoms with Crippen molar-refractivity contribution in [3.05, 3.63) is 39.9 Å². The molecule has 0 heterocycles. The molecule has 0 rings (SSSR count). The summed E-state index contributed by atoms with van der Waals surface area (Å²) in [6, 6.07) is 0. The number of rotatable bonds is 1. The first-order valence-electron chi connectivity index (χ1n) is 3.88. The molecular weight excluding hydrogens is 304 g/mol. The minimum Gasteiger partial charge on any atom is 0 e. The van der Waals surface area contributed by atoms with E-state index in [1.807, 2.05) is 20.8 Å². The van der Waals surface area contributed by atoms with E-state index in [0.717, 1.165) is 0 Å². The summed E-state index contributed by atoms with van der Waals surface area (Å²) >= 11 is 0. The van der Waals surface area contributed by atoms with E-state index in [1.165, 1.54) is 7.11 Å². The molecule has 0 aliphatic rings. The molecule has 6 nitrogen and oxygen atoms in total. The van der Waals surface area contributed by atoms with Gasteiger partial charge in [0.05, 0.1) is 0 Å². The summed E-state index contributed by atoms with van der Waals surface area (Å²) in [5.41, 5.74) is 0.0472. The van der Waals surface area contributed by atoms with Crippen molar-refractivity contribution in [3.8, 4) is 11.8 Å². The molecule has 0 aromatic heterocycles. The molecule has 0 aromatic rings. The minimum absolute atomic E-state index is 0. The summed E-state index contributed by atoms with van der Waals surface area (Å²) in [6.45, 7) is 31.1. The third kappa shape index (κ3) is 184. The molecular formula is C13H12CrO6. The van der Waals surface area contributed by atoms with Crippen molar-refractivity contribution in [1.82, 2.24) is 0 Å². The van der Waals surface area contributed by atoms with Crippen LogP contribution < -0.4 is 0 Å². The molecule has 0 amide bonds. The third-order valence-corrected chi connectivity index (χ3v) is 0.591. The topological polar surface area (TPSA) is 109 Å². The van der Waals surface area contributed by atoms with Crippen molar-refractivity contribution >= 4 is 0 Å². The zero-order chi connectivity index (χ0) is 17.3. The van der Waals surface area contributed by atoms with Crippen LogP contribution in [0.4, 0.5) is 0 Å². The van der Waals surface area contributed by atoms with E-state index in [2.05, 4.69) is 56.4 Å². The molecule has 0 aliphatic heterocycles. The SMILES string of the molecule is CO[C]C#CC(C)(C)C.[C-]#[O+].[C-]#[O+].[C-]#[O+].[C-]#[O+].[C-]#[O+].[Cr]. The second-order valence-electron chi connectivity index (χ2n) is 2.81. The van der Waals surface area contributed by atoms with Gasteiger partial charge in [-0.05, 0) is 20.8 Å². The zero-order valence-electron chi connectivity index (χ0n) is 11.4. The molecule has 0 spiro atoms. The summed E-state index contributed by atoms with van der Waals surface area (Å²) in [7, 11) is 1.54. The molecule has 106 valence electrons. The normalized spacial score (nSPS) is 5.10. The van der Waals surface area contributed by atoms with Gasteiger partial charge in [-0.3, -0.25) is 0 Å². The molecule has 0 atom stereocenters. The van der Waals surface area contributed by atoms with Crippen LogP contribution in [0.25, 0.3) is 0 Å². The van der Waals surface area contributed by atoms with Gasteiger partial charge >= 0.3 is 56.5 Å². The maximum absolute atomic E-state index is 7.50. The Hall–Kier alpha value is -1.25. The predicted octanol–water partition coefficient (Wildman–Crippen LogP) is 1.53. The standard InChI is InChI=1S/C8H12O.5CO.Cr/c1-8(2,3)6-5-7-9-4;5*1-2;/h1-4H3;;;;;;. The van der Waals surface area contributed by atoms with E-state index in [9.17, 15) is 0 Å². The van der Waals surface area contributed by atoms with E-state index >= 15 is 0 Å². The number of hydrogen-bond donors (Lipinski definition) is 0. The monoisotopic (exact) mass is 316 g/mol. The van der Waals surface area contributed by atoms with Crippen LogP contribution in [0, 0.1) is 57.1 Å². The van der Waals surface area contributed by atoms with Gasteiger partial charge in [-0.15, -0.1) is 0 Å². The largest absolute Gasteiger partial charge is 0 e. The van der Waals surface area contributed by atoms with Gasteiger partial charge in [0.25, 0.3) is 0 Å². The molecule has 2 radical (unpaired) electrons. The molecule has 0 N–H and O–H groups in total. The summed E-state index contributed by atoms with van der Waals surface area (Å²) in [5.74, 6) is 5.59. The molecule has 0 unspecified atom stereocenters. The fourth-order valence-electron chi connectivity index (χ4n) is 0.264. The van der Waals surface area contributed by atoms with Crippen LogP contribution in [-0.2, 0) is 45.4 Å². The van der Waals surface area contributed by atoms with Gasteiger partial charge < -0.3 is 4.74 Å². The summed E-state index contributed by atoms with van der Waals surface area (Å²) < 4.78 is 42.0. The van der Waals surface area contributed by atoms with Crippen LogP contribution in [0.2, 0.25) is 0 Å².